The van der Waals surface area contributed by atoms with E-state index in [0.717, 1.165) is 5.56 Å². The number of nitrogen functional groups attached to an aromatic ring is 1. The molecule has 0 bridgehead atoms. The molecule has 0 aliphatic carbocycles. The van der Waals surface area contributed by atoms with E-state index in [4.69, 9.17) is 5.73 Å². The van der Waals surface area contributed by atoms with Crippen LogP contribution in [0.3, 0.4) is 0 Å². The van der Waals surface area contributed by atoms with Crippen LogP contribution in [0.25, 0.3) is 11.4 Å². The highest BCUT2D eigenvalue weighted by molar-refractivity contribution is 5.75. The van der Waals surface area contributed by atoms with Crippen LogP contribution in [0, 0.1) is 0 Å². The molecule has 94 valence electrons. The lowest BCUT2D eigenvalue weighted by molar-refractivity contribution is -0.120. The molecule has 0 unspecified atom stereocenters. The molecule has 1 aromatic carbocycles. The first kappa shape index (κ1) is 12.1. The van der Waals surface area contributed by atoms with Gasteiger partial charge in [0.05, 0.1) is 6.54 Å². The van der Waals surface area contributed by atoms with Gasteiger partial charge < -0.3 is 11.1 Å². The van der Waals surface area contributed by atoms with Gasteiger partial charge in [-0.3, -0.25) is 9.48 Å². The molecule has 18 heavy (non-hydrogen) atoms. The van der Waals surface area contributed by atoms with Crippen molar-refractivity contribution < 1.29 is 4.79 Å². The average Bonchev–Trinajstić information content (AvgIpc) is 2.84. The van der Waals surface area contributed by atoms with Crippen LogP contribution in [0.15, 0.2) is 30.6 Å². The Balaban J connectivity index is 2.08. The first-order valence-electron chi connectivity index (χ1n) is 5.65. The number of hydrogen-bond donors (Lipinski definition) is 2. The zero-order valence-corrected chi connectivity index (χ0v) is 10.1. The summed E-state index contributed by atoms with van der Waals surface area (Å²) in [6.07, 6.45) is 2.00. The maximum absolute atomic E-state index is 11.1. The summed E-state index contributed by atoms with van der Waals surface area (Å²) in [6, 6.07) is 7.38. The van der Waals surface area contributed by atoms with Gasteiger partial charge in [0.15, 0.2) is 5.82 Å². The van der Waals surface area contributed by atoms with Gasteiger partial charge in [0, 0.05) is 24.7 Å². The lowest BCUT2D eigenvalue weighted by Gasteiger charge is -1.99. The second kappa shape index (κ2) is 5.31. The van der Waals surface area contributed by atoms with Crippen LogP contribution in [-0.2, 0) is 11.3 Å². The standard InChI is InChI=1S/C12H15N5O/c1-14-11(18)5-6-17-8-15-12(16-17)9-3-2-4-10(13)7-9/h2-4,7-8H,5-6,13H2,1H3,(H,14,18). The summed E-state index contributed by atoms with van der Waals surface area (Å²) >= 11 is 0. The number of carbonyl (C=O) groups excluding carboxylic acids is 1. The fourth-order valence-electron chi connectivity index (χ4n) is 1.55. The maximum atomic E-state index is 11.1. The quantitative estimate of drug-likeness (QED) is 0.775. The summed E-state index contributed by atoms with van der Waals surface area (Å²) in [6.45, 7) is 0.509. The van der Waals surface area contributed by atoms with Gasteiger partial charge in [-0.25, -0.2) is 4.98 Å². The van der Waals surface area contributed by atoms with Crippen molar-refractivity contribution in [1.29, 1.82) is 0 Å². The molecule has 2 rings (SSSR count). The van der Waals surface area contributed by atoms with E-state index in [1.165, 1.54) is 0 Å². The Hall–Kier alpha value is -2.37. The van der Waals surface area contributed by atoms with Crippen molar-refractivity contribution in [3.8, 4) is 11.4 Å². The summed E-state index contributed by atoms with van der Waals surface area (Å²) in [7, 11) is 1.61. The smallest absolute Gasteiger partial charge is 0.221 e. The molecule has 1 heterocycles. The Bertz CT molecular complexity index is 549. The number of nitrogens with zero attached hydrogens (tertiary/aromatic N) is 3. The predicted molar refractivity (Wildman–Crippen MR) is 68.6 cm³/mol. The Morgan fingerprint density at radius 3 is 3.06 bits per heavy atom. The molecule has 0 spiro atoms. The Morgan fingerprint density at radius 1 is 1.50 bits per heavy atom. The van der Waals surface area contributed by atoms with Crippen LogP contribution < -0.4 is 11.1 Å². The molecule has 1 aromatic heterocycles. The molecule has 0 aliphatic rings. The monoisotopic (exact) mass is 245 g/mol. The van der Waals surface area contributed by atoms with Crippen molar-refractivity contribution in [2.24, 2.45) is 0 Å². The van der Waals surface area contributed by atoms with E-state index >= 15 is 0 Å². The highest BCUT2D eigenvalue weighted by Crippen LogP contribution is 2.16. The van der Waals surface area contributed by atoms with E-state index in [-0.39, 0.29) is 5.91 Å². The van der Waals surface area contributed by atoms with Crippen LogP contribution in [0.2, 0.25) is 0 Å². The van der Waals surface area contributed by atoms with Gasteiger partial charge >= 0.3 is 0 Å². The Morgan fingerprint density at radius 2 is 2.33 bits per heavy atom. The van der Waals surface area contributed by atoms with E-state index in [1.54, 1.807) is 18.1 Å². The number of hydrogen-bond acceptors (Lipinski definition) is 4. The highest BCUT2D eigenvalue weighted by atomic mass is 16.1. The largest absolute Gasteiger partial charge is 0.399 e. The summed E-state index contributed by atoms with van der Waals surface area (Å²) < 4.78 is 1.65. The first-order chi connectivity index (χ1) is 8.69. The summed E-state index contributed by atoms with van der Waals surface area (Å²) in [5.41, 5.74) is 7.25. The van der Waals surface area contributed by atoms with E-state index in [0.29, 0.717) is 24.5 Å². The van der Waals surface area contributed by atoms with Crippen LogP contribution >= 0.6 is 0 Å². The van der Waals surface area contributed by atoms with Crippen molar-refractivity contribution in [2.75, 3.05) is 12.8 Å². The zero-order chi connectivity index (χ0) is 13.0. The Labute approximate surface area is 105 Å². The molecule has 0 fully saturated rings. The van der Waals surface area contributed by atoms with E-state index in [2.05, 4.69) is 15.4 Å². The van der Waals surface area contributed by atoms with Crippen molar-refractivity contribution in [3.05, 3.63) is 30.6 Å². The molecule has 3 N–H and O–H groups in total. The van der Waals surface area contributed by atoms with Gasteiger partial charge in [-0.2, -0.15) is 5.10 Å². The van der Waals surface area contributed by atoms with Crippen molar-refractivity contribution in [1.82, 2.24) is 20.1 Å². The Kier molecular flexibility index (Phi) is 3.57. The topological polar surface area (TPSA) is 85.8 Å². The van der Waals surface area contributed by atoms with Crippen LogP contribution in [0.1, 0.15) is 6.42 Å². The third-order valence-electron chi connectivity index (χ3n) is 2.53. The first-order valence-corrected chi connectivity index (χ1v) is 5.65. The molecule has 1 amide bonds. The second-order valence-electron chi connectivity index (χ2n) is 3.88. The molecular weight excluding hydrogens is 230 g/mol. The van der Waals surface area contributed by atoms with Crippen LogP contribution in [-0.4, -0.2) is 27.7 Å². The van der Waals surface area contributed by atoms with E-state index < -0.39 is 0 Å². The fourth-order valence-corrected chi connectivity index (χ4v) is 1.55. The molecule has 0 saturated heterocycles. The number of nitrogens with two attached hydrogens (primary N) is 1. The van der Waals surface area contributed by atoms with Crippen molar-refractivity contribution in [2.45, 2.75) is 13.0 Å². The summed E-state index contributed by atoms with van der Waals surface area (Å²) in [5.74, 6) is 0.593. The number of benzene rings is 1. The van der Waals surface area contributed by atoms with Crippen molar-refractivity contribution >= 4 is 11.6 Å². The summed E-state index contributed by atoms with van der Waals surface area (Å²) in [5, 5.41) is 6.86. The normalized spacial score (nSPS) is 10.3. The molecule has 0 aliphatic heterocycles. The van der Waals surface area contributed by atoms with Gasteiger partial charge in [-0.05, 0) is 12.1 Å². The third kappa shape index (κ3) is 2.85. The highest BCUT2D eigenvalue weighted by Gasteiger charge is 2.05. The molecule has 0 atom stereocenters. The van der Waals surface area contributed by atoms with Gasteiger partial charge in [0.2, 0.25) is 5.91 Å². The minimum Gasteiger partial charge on any atom is -0.399 e. The zero-order valence-electron chi connectivity index (χ0n) is 10.1. The predicted octanol–water partition coefficient (Wildman–Crippen LogP) is 0.663. The minimum atomic E-state index is -0.0176. The third-order valence-corrected chi connectivity index (χ3v) is 2.53. The van der Waals surface area contributed by atoms with Gasteiger partial charge in [-0.15, -0.1) is 0 Å². The summed E-state index contributed by atoms with van der Waals surface area (Å²) in [4.78, 5) is 15.3. The minimum absolute atomic E-state index is 0.0176. The van der Waals surface area contributed by atoms with Gasteiger partial charge in [-0.1, -0.05) is 12.1 Å². The maximum Gasteiger partial charge on any atom is 0.221 e. The number of aryl methyl sites for hydroxylation is 1. The lowest BCUT2D eigenvalue weighted by atomic mass is 10.2. The SMILES string of the molecule is CNC(=O)CCn1cnc(-c2cccc(N)c2)n1. The number of anilines is 1. The lowest BCUT2D eigenvalue weighted by Crippen LogP contribution is -2.19. The van der Waals surface area contributed by atoms with E-state index in [9.17, 15) is 4.79 Å². The average molecular weight is 245 g/mol. The molecule has 0 radical (unpaired) electrons. The number of nitrogens with one attached hydrogen (secondary N) is 1. The van der Waals surface area contributed by atoms with Crippen LogP contribution in [0.4, 0.5) is 5.69 Å². The number of carbonyl (C=O) groups is 1. The van der Waals surface area contributed by atoms with Crippen molar-refractivity contribution in [3.63, 3.8) is 0 Å². The molecule has 6 nitrogen and oxygen atoms in total. The van der Waals surface area contributed by atoms with Crippen LogP contribution in [0.5, 0.6) is 0 Å². The number of amides is 1. The molecular formula is C12H15N5O. The number of rotatable bonds is 4. The molecule has 6 heteroatoms. The van der Waals surface area contributed by atoms with E-state index in [1.807, 2.05) is 24.3 Å². The second-order valence-corrected chi connectivity index (χ2v) is 3.88. The fraction of sp³-hybridized carbons (Fsp3) is 0.250. The number of aromatic nitrogens is 3. The molecule has 0 saturated carbocycles. The molecule has 2 aromatic rings. The van der Waals surface area contributed by atoms with Gasteiger partial charge in [0.25, 0.3) is 0 Å². The van der Waals surface area contributed by atoms with Gasteiger partial charge in [0.1, 0.15) is 6.33 Å².